The van der Waals surface area contributed by atoms with Crippen molar-refractivity contribution in [1.82, 2.24) is 0 Å². The van der Waals surface area contributed by atoms with Crippen LogP contribution in [0, 0.1) is 5.92 Å². The molecule has 0 spiro atoms. The quantitative estimate of drug-likeness (QED) is 0.740. The Labute approximate surface area is 103 Å². The van der Waals surface area contributed by atoms with Gasteiger partial charge in [-0.2, -0.15) is 0 Å². The lowest BCUT2D eigenvalue weighted by molar-refractivity contribution is 0.0372. The van der Waals surface area contributed by atoms with Gasteiger partial charge in [-0.1, -0.05) is 19.9 Å². The molecule has 0 aromatic carbocycles. The zero-order valence-corrected chi connectivity index (χ0v) is 11.3. The van der Waals surface area contributed by atoms with Crippen molar-refractivity contribution in [1.29, 1.82) is 0 Å². The predicted molar refractivity (Wildman–Crippen MR) is 70.7 cm³/mol. The van der Waals surface area contributed by atoms with Gasteiger partial charge in [0.25, 0.3) is 0 Å². The number of nitrogens with two attached hydrogens (primary N) is 1. The van der Waals surface area contributed by atoms with E-state index in [0.717, 1.165) is 18.9 Å². The second-order valence-electron chi connectivity index (χ2n) is 4.70. The molecule has 0 aliphatic heterocycles. The summed E-state index contributed by atoms with van der Waals surface area (Å²) in [5.74, 6) is 0.749. The topological polar surface area (TPSA) is 35.2 Å². The van der Waals surface area contributed by atoms with Crippen LogP contribution in [0.2, 0.25) is 0 Å². The van der Waals surface area contributed by atoms with Crippen LogP contribution in [0.15, 0.2) is 17.5 Å². The minimum atomic E-state index is 0.0534. The van der Waals surface area contributed by atoms with Crippen molar-refractivity contribution in [2.24, 2.45) is 11.7 Å². The molecule has 2 N–H and O–H groups in total. The van der Waals surface area contributed by atoms with Crippen molar-refractivity contribution in [3.8, 4) is 0 Å². The van der Waals surface area contributed by atoms with Crippen molar-refractivity contribution in [3.63, 3.8) is 0 Å². The van der Waals surface area contributed by atoms with Crippen molar-refractivity contribution in [3.05, 3.63) is 22.4 Å². The maximum absolute atomic E-state index is 5.95. The van der Waals surface area contributed by atoms with Crippen molar-refractivity contribution in [2.75, 3.05) is 6.61 Å². The van der Waals surface area contributed by atoms with Crippen LogP contribution < -0.4 is 5.73 Å². The van der Waals surface area contributed by atoms with E-state index in [4.69, 9.17) is 10.5 Å². The Morgan fingerprint density at radius 2 is 2.12 bits per heavy atom. The summed E-state index contributed by atoms with van der Waals surface area (Å²) in [6.07, 6.45) is 2.40. The van der Waals surface area contributed by atoms with Gasteiger partial charge in [0.1, 0.15) is 6.10 Å². The van der Waals surface area contributed by atoms with Gasteiger partial charge in [-0.25, -0.2) is 0 Å². The third-order valence-electron chi connectivity index (χ3n) is 2.52. The molecule has 0 fully saturated rings. The second-order valence-corrected chi connectivity index (χ2v) is 5.68. The van der Waals surface area contributed by atoms with E-state index in [1.165, 1.54) is 11.3 Å². The number of hydrogen-bond donors (Lipinski definition) is 1. The molecule has 0 aliphatic carbocycles. The number of hydrogen-bond acceptors (Lipinski definition) is 3. The molecule has 1 rings (SSSR count). The third-order valence-corrected chi connectivity index (χ3v) is 3.46. The van der Waals surface area contributed by atoms with E-state index >= 15 is 0 Å². The van der Waals surface area contributed by atoms with Crippen LogP contribution >= 0.6 is 11.3 Å². The van der Waals surface area contributed by atoms with Crippen LogP contribution in [-0.4, -0.2) is 12.6 Å². The average molecular weight is 241 g/mol. The van der Waals surface area contributed by atoms with Crippen molar-refractivity contribution >= 4 is 11.3 Å². The first-order valence-electron chi connectivity index (χ1n) is 6.02. The Morgan fingerprint density at radius 3 is 2.62 bits per heavy atom. The molecular formula is C13H23NOS. The van der Waals surface area contributed by atoms with Gasteiger partial charge in [-0.05, 0) is 37.1 Å². The highest BCUT2D eigenvalue weighted by molar-refractivity contribution is 7.10. The molecule has 1 aromatic rings. The summed E-state index contributed by atoms with van der Waals surface area (Å²) in [6, 6.07) is 4.20. The molecule has 0 aliphatic rings. The van der Waals surface area contributed by atoms with E-state index in [2.05, 4.69) is 25.3 Å². The second kappa shape index (κ2) is 7.05. The first-order chi connectivity index (χ1) is 7.61. The molecule has 0 saturated carbocycles. The fraction of sp³-hybridized carbons (Fsp3) is 0.692. The van der Waals surface area contributed by atoms with Gasteiger partial charge >= 0.3 is 0 Å². The highest BCUT2D eigenvalue weighted by atomic mass is 32.1. The minimum Gasteiger partial charge on any atom is -0.371 e. The molecule has 16 heavy (non-hydrogen) atoms. The van der Waals surface area contributed by atoms with E-state index < -0.39 is 0 Å². The van der Waals surface area contributed by atoms with Crippen molar-refractivity contribution < 1.29 is 4.74 Å². The Kier molecular flexibility index (Phi) is 6.03. The van der Waals surface area contributed by atoms with Crippen LogP contribution in [0.1, 0.15) is 44.6 Å². The molecule has 2 nitrogen and oxygen atoms in total. The zero-order chi connectivity index (χ0) is 12.0. The molecule has 0 radical (unpaired) electrons. The van der Waals surface area contributed by atoms with Gasteiger partial charge < -0.3 is 10.5 Å². The SMILES string of the molecule is CC(C)CCCOC(c1cccs1)C(C)N. The Morgan fingerprint density at radius 1 is 1.38 bits per heavy atom. The number of ether oxygens (including phenoxy) is 1. The summed E-state index contributed by atoms with van der Waals surface area (Å²) in [7, 11) is 0. The van der Waals surface area contributed by atoms with E-state index in [-0.39, 0.29) is 12.1 Å². The number of rotatable bonds is 7. The average Bonchev–Trinajstić information content (AvgIpc) is 2.69. The van der Waals surface area contributed by atoms with Gasteiger partial charge in [0.2, 0.25) is 0 Å². The third kappa shape index (κ3) is 4.64. The summed E-state index contributed by atoms with van der Waals surface area (Å²) in [4.78, 5) is 1.24. The molecule has 1 aromatic heterocycles. The molecule has 2 unspecified atom stereocenters. The lowest BCUT2D eigenvalue weighted by Crippen LogP contribution is -2.26. The Balaban J connectivity index is 2.35. The minimum absolute atomic E-state index is 0.0534. The van der Waals surface area contributed by atoms with Crippen LogP contribution in [-0.2, 0) is 4.74 Å². The van der Waals surface area contributed by atoms with Crippen molar-refractivity contribution in [2.45, 2.75) is 45.8 Å². The van der Waals surface area contributed by atoms with Crippen LogP contribution in [0.3, 0.4) is 0 Å². The molecule has 0 bridgehead atoms. The van der Waals surface area contributed by atoms with E-state index in [1.54, 1.807) is 11.3 Å². The molecule has 2 atom stereocenters. The van der Waals surface area contributed by atoms with Gasteiger partial charge in [-0.15, -0.1) is 11.3 Å². The van der Waals surface area contributed by atoms with Gasteiger partial charge in [0.05, 0.1) is 0 Å². The van der Waals surface area contributed by atoms with E-state index in [0.29, 0.717) is 0 Å². The van der Waals surface area contributed by atoms with Crippen LogP contribution in [0.4, 0.5) is 0 Å². The first kappa shape index (κ1) is 13.7. The lowest BCUT2D eigenvalue weighted by Gasteiger charge is -2.20. The summed E-state index contributed by atoms with van der Waals surface area (Å²) in [5, 5.41) is 2.07. The van der Waals surface area contributed by atoms with Crippen LogP contribution in [0.25, 0.3) is 0 Å². The fourth-order valence-electron chi connectivity index (χ4n) is 1.65. The monoisotopic (exact) mass is 241 g/mol. The summed E-state index contributed by atoms with van der Waals surface area (Å²) in [6.45, 7) is 7.29. The largest absolute Gasteiger partial charge is 0.371 e. The standard InChI is InChI=1S/C13H23NOS/c1-10(2)6-4-8-15-13(11(3)14)12-7-5-9-16-12/h5,7,9-11,13H,4,6,8,14H2,1-3H3. The van der Waals surface area contributed by atoms with Gasteiger partial charge in [0.15, 0.2) is 0 Å². The summed E-state index contributed by atoms with van der Waals surface area (Å²) < 4.78 is 5.88. The van der Waals surface area contributed by atoms with Crippen LogP contribution in [0.5, 0.6) is 0 Å². The Bertz CT molecular complexity index is 269. The van der Waals surface area contributed by atoms with E-state index in [1.807, 2.05) is 13.0 Å². The fourth-order valence-corrected chi connectivity index (χ4v) is 2.54. The summed E-state index contributed by atoms with van der Waals surface area (Å²) >= 11 is 1.72. The molecule has 92 valence electrons. The maximum Gasteiger partial charge on any atom is 0.106 e. The highest BCUT2D eigenvalue weighted by Crippen LogP contribution is 2.25. The summed E-state index contributed by atoms with van der Waals surface area (Å²) in [5.41, 5.74) is 5.95. The molecule has 1 heterocycles. The molecule has 0 saturated heterocycles. The van der Waals surface area contributed by atoms with Gasteiger partial charge in [-0.3, -0.25) is 0 Å². The maximum atomic E-state index is 5.95. The normalized spacial score (nSPS) is 15.3. The van der Waals surface area contributed by atoms with Gasteiger partial charge in [0, 0.05) is 17.5 Å². The predicted octanol–water partition coefficient (Wildman–Crippen LogP) is 3.59. The Hall–Kier alpha value is -0.380. The zero-order valence-electron chi connectivity index (χ0n) is 10.5. The molecule has 3 heteroatoms. The number of thiophene rings is 1. The smallest absolute Gasteiger partial charge is 0.106 e. The molecular weight excluding hydrogens is 218 g/mol. The first-order valence-corrected chi connectivity index (χ1v) is 6.89. The molecule has 0 amide bonds. The highest BCUT2D eigenvalue weighted by Gasteiger charge is 2.17. The lowest BCUT2D eigenvalue weighted by atomic mass is 10.1. The van der Waals surface area contributed by atoms with E-state index in [9.17, 15) is 0 Å².